The van der Waals surface area contributed by atoms with Gasteiger partial charge in [-0.2, -0.15) is 8.42 Å². The second-order valence-corrected chi connectivity index (χ2v) is 11.4. The number of hydrogen-bond donors (Lipinski definition) is 4. The minimum absolute atomic E-state index is 0.228. The van der Waals surface area contributed by atoms with E-state index >= 15 is 0 Å². The summed E-state index contributed by atoms with van der Waals surface area (Å²) in [5, 5.41) is 9.40. The van der Waals surface area contributed by atoms with E-state index in [9.17, 15) is 18.0 Å². The van der Waals surface area contributed by atoms with Crippen molar-refractivity contribution < 1.29 is 31.7 Å². The topological polar surface area (TPSA) is 178 Å². The summed E-state index contributed by atoms with van der Waals surface area (Å²) in [6.45, 7) is 1.63. The van der Waals surface area contributed by atoms with E-state index in [-0.39, 0.29) is 24.3 Å². The largest absolute Gasteiger partial charge is 0.468 e. The van der Waals surface area contributed by atoms with E-state index in [0.717, 1.165) is 21.7 Å². The van der Waals surface area contributed by atoms with Gasteiger partial charge in [-0.15, -0.1) is 11.3 Å². The van der Waals surface area contributed by atoms with Crippen molar-refractivity contribution >= 4 is 56.2 Å². The fourth-order valence-corrected chi connectivity index (χ4v) is 5.43. The van der Waals surface area contributed by atoms with Crippen LogP contribution in [0.1, 0.15) is 22.3 Å². The zero-order valence-electron chi connectivity index (χ0n) is 22.4. The van der Waals surface area contributed by atoms with Gasteiger partial charge in [0, 0.05) is 22.5 Å². The molecule has 1 amide bonds. The van der Waals surface area contributed by atoms with Crippen LogP contribution in [0.2, 0.25) is 0 Å². The van der Waals surface area contributed by atoms with Crippen molar-refractivity contribution in [2.24, 2.45) is 0 Å². The average Bonchev–Trinajstić information content (AvgIpc) is 3.70. The molecule has 0 aliphatic carbocycles. The molecule has 42 heavy (non-hydrogen) atoms. The van der Waals surface area contributed by atoms with Crippen molar-refractivity contribution in [3.63, 3.8) is 0 Å². The minimum atomic E-state index is -4.37. The monoisotopic (exact) mass is 610 g/mol. The van der Waals surface area contributed by atoms with Crippen LogP contribution in [0, 0.1) is 6.92 Å². The van der Waals surface area contributed by atoms with Crippen LogP contribution in [0.4, 0.5) is 16.5 Å². The maximum atomic E-state index is 12.8. The van der Waals surface area contributed by atoms with Gasteiger partial charge in [0.1, 0.15) is 6.54 Å². The lowest BCUT2D eigenvalue weighted by Crippen LogP contribution is -2.33. The number of nitrogens with zero attached hydrogens (tertiary/aromatic N) is 3. The summed E-state index contributed by atoms with van der Waals surface area (Å²) < 4.78 is 45.3. The molecular weight excluding hydrogens is 584 g/mol. The molecule has 3 aromatic heterocycles. The Morgan fingerprint density at radius 3 is 2.62 bits per heavy atom. The highest BCUT2D eigenvalue weighted by Crippen LogP contribution is 2.33. The number of aromatic nitrogens is 3. The normalized spacial score (nSPS) is 12.2. The highest BCUT2D eigenvalue weighted by molar-refractivity contribution is 7.87. The lowest BCUT2D eigenvalue weighted by molar-refractivity contribution is -0.139. The second-order valence-electron chi connectivity index (χ2n) is 9.16. The molecule has 2 aromatic carbocycles. The van der Waals surface area contributed by atoms with Crippen LogP contribution in [0.15, 0.2) is 70.7 Å². The van der Waals surface area contributed by atoms with Gasteiger partial charge in [-0.25, -0.2) is 14.8 Å². The lowest BCUT2D eigenvalue weighted by Gasteiger charge is -2.16. The highest BCUT2D eigenvalue weighted by Gasteiger charge is 2.21. The Bertz CT molecular complexity index is 1840. The zero-order valence-corrected chi connectivity index (χ0v) is 24.0. The molecule has 0 saturated carbocycles. The van der Waals surface area contributed by atoms with E-state index < -0.39 is 22.3 Å². The number of ether oxygens (including phenoxy) is 1. The molecule has 0 unspecified atom stereocenters. The van der Waals surface area contributed by atoms with Crippen LogP contribution in [-0.4, -0.2) is 53.2 Å². The minimum Gasteiger partial charge on any atom is -0.468 e. The SMILES string of the molecule is COC(=O)CNC(=O)n1cc(-c2cnc(N[C@@H](Cc3ccc(NS(=O)(=O)O)cc3)c3csc(C)n3)o2)c2ccccc21. The van der Waals surface area contributed by atoms with Crippen molar-refractivity contribution in [3.05, 3.63) is 82.6 Å². The smallest absolute Gasteiger partial charge is 0.357 e. The van der Waals surface area contributed by atoms with Crippen molar-refractivity contribution in [1.82, 2.24) is 19.9 Å². The number of rotatable bonds is 10. The standard InChI is InChI=1S/C27H26N6O7S2/c1-16-30-22(15-41-16)21(11-17-7-9-18(10-8-17)32-42(36,37)38)31-26-28-12-24(40-26)20-14-33(23-6-4-3-5-19(20)23)27(35)29-13-25(34)39-2/h3-10,12,14-15,21,32H,11,13H2,1-2H3,(H,28,31)(H,29,35)(H,36,37,38)/t21-/m0/s1. The molecule has 0 spiro atoms. The Balaban J connectivity index is 1.39. The molecule has 0 aliphatic rings. The van der Waals surface area contributed by atoms with E-state index in [1.54, 1.807) is 48.8 Å². The van der Waals surface area contributed by atoms with Gasteiger partial charge in [0.05, 0.1) is 41.3 Å². The summed E-state index contributed by atoms with van der Waals surface area (Å²) in [6.07, 6.45) is 3.64. The summed E-state index contributed by atoms with van der Waals surface area (Å²) >= 11 is 1.50. The van der Waals surface area contributed by atoms with E-state index in [4.69, 9.17) is 8.97 Å². The highest BCUT2D eigenvalue weighted by atomic mass is 32.2. The van der Waals surface area contributed by atoms with Gasteiger partial charge >= 0.3 is 22.3 Å². The maximum absolute atomic E-state index is 12.8. The van der Waals surface area contributed by atoms with Crippen LogP contribution in [0.3, 0.4) is 0 Å². The molecule has 0 fully saturated rings. The predicted octanol–water partition coefficient (Wildman–Crippen LogP) is 4.40. The van der Waals surface area contributed by atoms with E-state index in [1.165, 1.54) is 23.0 Å². The Morgan fingerprint density at radius 2 is 1.93 bits per heavy atom. The van der Waals surface area contributed by atoms with Crippen LogP contribution in [-0.2, 0) is 26.3 Å². The first-order valence-electron chi connectivity index (χ1n) is 12.5. The molecule has 1 atom stereocenters. The zero-order chi connectivity index (χ0) is 29.9. The number of nitrogens with one attached hydrogen (secondary N) is 3. The molecule has 15 heteroatoms. The van der Waals surface area contributed by atoms with Gasteiger partial charge in [0.2, 0.25) is 0 Å². The Kier molecular flexibility index (Phi) is 8.24. The number of carbonyl (C=O) groups is 2. The molecule has 3 heterocycles. The van der Waals surface area contributed by atoms with Gasteiger partial charge in [0.25, 0.3) is 6.01 Å². The number of methoxy groups -OCH3 is 1. The number of carbonyl (C=O) groups excluding carboxylic acids is 2. The summed E-state index contributed by atoms with van der Waals surface area (Å²) in [5.41, 5.74) is 3.11. The van der Waals surface area contributed by atoms with Gasteiger partial charge in [-0.3, -0.25) is 18.6 Å². The number of oxazole rings is 1. The number of anilines is 2. The molecule has 218 valence electrons. The third-order valence-electron chi connectivity index (χ3n) is 6.25. The summed E-state index contributed by atoms with van der Waals surface area (Å²) in [4.78, 5) is 33.4. The van der Waals surface area contributed by atoms with Crippen LogP contribution in [0.25, 0.3) is 22.2 Å². The van der Waals surface area contributed by atoms with E-state index in [1.807, 2.05) is 29.2 Å². The number of amides is 1. The third-order valence-corrected chi connectivity index (χ3v) is 7.53. The number of fused-ring (bicyclic) bond motifs is 1. The molecule has 5 aromatic rings. The molecule has 0 bridgehead atoms. The number of hydrogen-bond acceptors (Lipinski definition) is 10. The van der Waals surface area contributed by atoms with Gasteiger partial charge in [0.15, 0.2) is 5.76 Å². The van der Waals surface area contributed by atoms with Crippen LogP contribution < -0.4 is 15.4 Å². The predicted molar refractivity (Wildman–Crippen MR) is 157 cm³/mol. The van der Waals surface area contributed by atoms with Gasteiger partial charge < -0.3 is 19.8 Å². The number of thiazole rings is 1. The number of para-hydroxylation sites is 1. The summed E-state index contributed by atoms with van der Waals surface area (Å²) in [7, 11) is -3.13. The molecular formula is C27H26N6O7S2. The Hall–Kier alpha value is -4.73. The first-order chi connectivity index (χ1) is 20.1. The third kappa shape index (κ3) is 6.76. The maximum Gasteiger partial charge on any atom is 0.357 e. The summed E-state index contributed by atoms with van der Waals surface area (Å²) in [5.74, 6) is -0.149. The summed E-state index contributed by atoms with van der Waals surface area (Å²) in [6, 6.07) is 13.2. The molecule has 0 radical (unpaired) electrons. The number of aryl methyl sites for hydroxylation is 1. The van der Waals surface area contributed by atoms with Crippen LogP contribution >= 0.6 is 11.3 Å². The van der Waals surface area contributed by atoms with Gasteiger partial charge in [-0.1, -0.05) is 30.3 Å². The molecule has 5 rings (SSSR count). The Morgan fingerprint density at radius 1 is 1.17 bits per heavy atom. The van der Waals surface area contributed by atoms with E-state index in [0.29, 0.717) is 23.3 Å². The lowest BCUT2D eigenvalue weighted by atomic mass is 10.0. The van der Waals surface area contributed by atoms with Crippen molar-refractivity contribution in [3.8, 4) is 11.3 Å². The first kappa shape index (κ1) is 28.8. The Labute approximate surface area is 244 Å². The molecule has 4 N–H and O–H groups in total. The second kappa shape index (κ2) is 12.0. The van der Waals surface area contributed by atoms with Crippen molar-refractivity contribution in [2.45, 2.75) is 19.4 Å². The molecule has 0 aliphatic heterocycles. The molecule has 13 nitrogen and oxygen atoms in total. The quantitative estimate of drug-likeness (QED) is 0.131. The van der Waals surface area contributed by atoms with E-state index in [2.05, 4.69) is 25.3 Å². The fraction of sp³-hybridized carbons (Fsp3) is 0.185. The number of benzene rings is 2. The van der Waals surface area contributed by atoms with Crippen LogP contribution in [0.5, 0.6) is 0 Å². The van der Waals surface area contributed by atoms with Crippen molar-refractivity contribution in [2.75, 3.05) is 23.7 Å². The van der Waals surface area contributed by atoms with Crippen molar-refractivity contribution in [1.29, 1.82) is 0 Å². The number of esters is 1. The first-order valence-corrected chi connectivity index (χ1v) is 14.9. The van der Waals surface area contributed by atoms with Gasteiger partial charge in [-0.05, 0) is 37.1 Å². The molecule has 0 saturated heterocycles. The average molecular weight is 611 g/mol. The fourth-order valence-electron chi connectivity index (χ4n) is 4.33.